The predicted octanol–water partition coefficient (Wildman–Crippen LogP) is 1.98. The molecule has 1 saturated heterocycles. The number of ether oxygens (including phenoxy) is 1. The van der Waals surface area contributed by atoms with Gasteiger partial charge < -0.3 is 9.64 Å². The second-order valence-electron chi connectivity index (χ2n) is 5.60. The van der Waals surface area contributed by atoms with Gasteiger partial charge in [0.2, 0.25) is 5.95 Å². The number of likely N-dealkylation sites (N-methyl/N-ethyl adjacent to an activating group) is 1. The molecule has 1 unspecified atom stereocenters. The fourth-order valence-corrected chi connectivity index (χ4v) is 2.61. The van der Waals surface area contributed by atoms with Gasteiger partial charge in [-0.05, 0) is 48.7 Å². The van der Waals surface area contributed by atoms with E-state index in [1.54, 1.807) is 4.68 Å². The van der Waals surface area contributed by atoms with Crippen molar-refractivity contribution in [2.45, 2.75) is 32.3 Å². The zero-order valence-corrected chi connectivity index (χ0v) is 12.6. The van der Waals surface area contributed by atoms with Crippen LogP contribution >= 0.6 is 0 Å². The molecule has 0 amide bonds. The number of hydrogen-bond acceptors (Lipinski definition) is 5. The molecule has 6 nitrogen and oxygen atoms in total. The molecule has 21 heavy (non-hydrogen) atoms. The maximum absolute atomic E-state index is 5.79. The summed E-state index contributed by atoms with van der Waals surface area (Å²) in [4.78, 5) is 2.07. The molecule has 1 fully saturated rings. The van der Waals surface area contributed by atoms with E-state index in [2.05, 4.69) is 39.5 Å². The minimum absolute atomic E-state index is 0.270. The Labute approximate surface area is 124 Å². The molecule has 2 heterocycles. The maximum atomic E-state index is 5.79. The van der Waals surface area contributed by atoms with Gasteiger partial charge in [-0.1, -0.05) is 22.8 Å². The van der Waals surface area contributed by atoms with Crippen molar-refractivity contribution in [2.75, 3.05) is 25.1 Å². The summed E-state index contributed by atoms with van der Waals surface area (Å²) in [5.74, 6) is 0.744. The fourth-order valence-electron chi connectivity index (χ4n) is 2.61. The lowest BCUT2D eigenvalue weighted by molar-refractivity contribution is 0.0214. The highest BCUT2D eigenvalue weighted by Gasteiger charge is 2.19. The largest absolute Gasteiger partial charge is 0.376 e. The summed E-state index contributed by atoms with van der Waals surface area (Å²) >= 11 is 0. The van der Waals surface area contributed by atoms with E-state index < -0.39 is 0 Å². The third-order valence-corrected chi connectivity index (χ3v) is 3.82. The van der Waals surface area contributed by atoms with Crippen LogP contribution in [0.25, 0.3) is 5.69 Å². The van der Waals surface area contributed by atoms with E-state index in [1.807, 2.05) is 19.2 Å². The van der Waals surface area contributed by atoms with Gasteiger partial charge in [0.15, 0.2) is 0 Å². The highest BCUT2D eigenvalue weighted by Crippen LogP contribution is 2.18. The van der Waals surface area contributed by atoms with Gasteiger partial charge in [-0.15, -0.1) is 0 Å². The molecule has 1 aromatic heterocycles. The van der Waals surface area contributed by atoms with Crippen LogP contribution in [-0.4, -0.2) is 46.5 Å². The van der Waals surface area contributed by atoms with E-state index in [-0.39, 0.29) is 6.10 Å². The molecule has 0 spiro atoms. The van der Waals surface area contributed by atoms with Crippen LogP contribution in [0.2, 0.25) is 0 Å². The van der Waals surface area contributed by atoms with Gasteiger partial charge in [-0.2, -0.15) is 4.68 Å². The van der Waals surface area contributed by atoms with E-state index in [0.29, 0.717) is 0 Å². The van der Waals surface area contributed by atoms with Crippen LogP contribution in [0, 0.1) is 6.92 Å². The van der Waals surface area contributed by atoms with Crippen molar-refractivity contribution in [1.29, 1.82) is 0 Å². The summed E-state index contributed by atoms with van der Waals surface area (Å²) in [6.07, 6.45) is 3.78. The van der Waals surface area contributed by atoms with Crippen LogP contribution in [0.3, 0.4) is 0 Å². The highest BCUT2D eigenvalue weighted by atomic mass is 16.5. The first kappa shape index (κ1) is 14.0. The lowest BCUT2D eigenvalue weighted by Gasteiger charge is -2.27. The Hall–Kier alpha value is -1.95. The van der Waals surface area contributed by atoms with Gasteiger partial charge in [0.05, 0.1) is 11.8 Å². The Kier molecular flexibility index (Phi) is 4.15. The van der Waals surface area contributed by atoms with E-state index in [4.69, 9.17) is 4.74 Å². The molecule has 1 aliphatic heterocycles. The molecule has 2 aromatic rings. The average molecular weight is 287 g/mol. The Bertz CT molecular complexity index is 574. The Morgan fingerprint density at radius 2 is 2.10 bits per heavy atom. The minimum atomic E-state index is 0.270. The van der Waals surface area contributed by atoms with Crippen molar-refractivity contribution in [2.24, 2.45) is 0 Å². The minimum Gasteiger partial charge on any atom is -0.376 e. The molecule has 0 N–H and O–H groups in total. The average Bonchev–Trinajstić information content (AvgIpc) is 2.98. The molecule has 1 aromatic carbocycles. The quantitative estimate of drug-likeness (QED) is 0.860. The van der Waals surface area contributed by atoms with Gasteiger partial charge in [0, 0.05) is 20.2 Å². The summed E-state index contributed by atoms with van der Waals surface area (Å²) in [5.41, 5.74) is 2.19. The molecule has 0 saturated carbocycles. The Balaban J connectivity index is 1.76. The number of aryl methyl sites for hydroxylation is 1. The Morgan fingerprint density at radius 3 is 2.81 bits per heavy atom. The summed E-state index contributed by atoms with van der Waals surface area (Å²) in [5, 5.41) is 12.1. The molecule has 0 aliphatic carbocycles. The molecule has 112 valence electrons. The van der Waals surface area contributed by atoms with Crippen LogP contribution < -0.4 is 4.90 Å². The number of benzene rings is 1. The van der Waals surface area contributed by atoms with Crippen molar-refractivity contribution in [3.63, 3.8) is 0 Å². The zero-order valence-electron chi connectivity index (χ0n) is 12.6. The molecule has 1 atom stereocenters. The molecule has 0 bridgehead atoms. The van der Waals surface area contributed by atoms with E-state index in [1.165, 1.54) is 18.4 Å². The number of aromatic nitrogens is 4. The van der Waals surface area contributed by atoms with Gasteiger partial charge in [-0.25, -0.2) is 0 Å². The molecular weight excluding hydrogens is 266 g/mol. The number of anilines is 1. The fraction of sp³-hybridized carbons (Fsp3) is 0.533. The maximum Gasteiger partial charge on any atom is 0.250 e. The first-order valence-corrected chi connectivity index (χ1v) is 7.42. The van der Waals surface area contributed by atoms with E-state index >= 15 is 0 Å². The van der Waals surface area contributed by atoms with Crippen molar-refractivity contribution < 1.29 is 4.74 Å². The van der Waals surface area contributed by atoms with Gasteiger partial charge in [0.1, 0.15) is 0 Å². The van der Waals surface area contributed by atoms with E-state index in [9.17, 15) is 0 Å². The molecule has 3 rings (SSSR count). The van der Waals surface area contributed by atoms with Gasteiger partial charge >= 0.3 is 0 Å². The first-order valence-electron chi connectivity index (χ1n) is 7.42. The van der Waals surface area contributed by atoms with Crippen LogP contribution in [0.4, 0.5) is 5.95 Å². The summed E-state index contributed by atoms with van der Waals surface area (Å²) < 4.78 is 7.55. The molecule has 1 aliphatic rings. The zero-order chi connectivity index (χ0) is 14.7. The van der Waals surface area contributed by atoms with Crippen molar-refractivity contribution in [3.05, 3.63) is 29.8 Å². The Morgan fingerprint density at radius 1 is 1.29 bits per heavy atom. The third-order valence-electron chi connectivity index (χ3n) is 3.82. The predicted molar refractivity (Wildman–Crippen MR) is 80.8 cm³/mol. The van der Waals surface area contributed by atoms with Crippen molar-refractivity contribution in [3.8, 4) is 5.69 Å². The molecule has 0 radical (unpaired) electrons. The van der Waals surface area contributed by atoms with Crippen molar-refractivity contribution >= 4 is 5.95 Å². The number of rotatable bonds is 4. The topological polar surface area (TPSA) is 56.1 Å². The standard InChI is InChI=1S/C15H21N5O/c1-12-6-8-13(9-7-12)20-15(16-17-18-20)19(2)11-14-5-3-4-10-21-14/h6-9,14H,3-5,10-11H2,1-2H3. The van der Waals surface area contributed by atoms with E-state index in [0.717, 1.165) is 31.2 Å². The summed E-state index contributed by atoms with van der Waals surface area (Å²) in [7, 11) is 2.01. The van der Waals surface area contributed by atoms with Crippen LogP contribution in [0.15, 0.2) is 24.3 Å². The van der Waals surface area contributed by atoms with Gasteiger partial charge in [0.25, 0.3) is 0 Å². The first-order chi connectivity index (χ1) is 10.2. The number of tetrazole rings is 1. The van der Waals surface area contributed by atoms with Crippen LogP contribution in [0.5, 0.6) is 0 Å². The van der Waals surface area contributed by atoms with Crippen molar-refractivity contribution in [1.82, 2.24) is 20.2 Å². The lowest BCUT2D eigenvalue weighted by atomic mass is 10.1. The van der Waals surface area contributed by atoms with Crippen LogP contribution in [0.1, 0.15) is 24.8 Å². The molecule has 6 heteroatoms. The summed E-state index contributed by atoms with van der Waals surface area (Å²) in [6.45, 7) is 3.74. The summed E-state index contributed by atoms with van der Waals surface area (Å²) in [6, 6.07) is 8.18. The second kappa shape index (κ2) is 6.22. The highest BCUT2D eigenvalue weighted by molar-refractivity contribution is 5.41. The normalized spacial score (nSPS) is 18.7. The second-order valence-corrected chi connectivity index (χ2v) is 5.60. The smallest absolute Gasteiger partial charge is 0.250 e. The third kappa shape index (κ3) is 3.21. The monoisotopic (exact) mass is 287 g/mol. The molecular formula is C15H21N5O. The van der Waals surface area contributed by atoms with Gasteiger partial charge in [-0.3, -0.25) is 0 Å². The SMILES string of the molecule is Cc1ccc(-n2nnnc2N(C)CC2CCCCO2)cc1. The lowest BCUT2D eigenvalue weighted by Crippen LogP contribution is -2.34. The number of nitrogens with zero attached hydrogens (tertiary/aromatic N) is 5. The number of hydrogen-bond donors (Lipinski definition) is 0. The van der Waals surface area contributed by atoms with Crippen LogP contribution in [-0.2, 0) is 4.74 Å².